The summed E-state index contributed by atoms with van der Waals surface area (Å²) < 4.78 is 21.1. The first-order valence-electron chi connectivity index (χ1n) is 10.1. The largest absolute Gasteiger partial charge is 0.466 e. The van der Waals surface area contributed by atoms with Gasteiger partial charge in [0.2, 0.25) is 0 Å². The van der Waals surface area contributed by atoms with Crippen molar-refractivity contribution in [1.29, 1.82) is 0 Å². The number of Topliss-reactive ketones (excluding diaryl/α,β-unsaturated/α-hetero) is 2. The summed E-state index contributed by atoms with van der Waals surface area (Å²) in [5.74, 6) is -3.35. The molecule has 0 N–H and O–H groups in total. The number of halogens is 1. The fourth-order valence-corrected chi connectivity index (χ4v) is 3.15. The summed E-state index contributed by atoms with van der Waals surface area (Å²) in [6, 6.07) is 1.44. The molecule has 0 aliphatic carbocycles. The Morgan fingerprint density at radius 1 is 1.09 bits per heavy atom. The molecule has 0 radical (unpaired) electrons. The fourth-order valence-electron chi connectivity index (χ4n) is 2.79. The molecule has 1 aromatic heterocycles. The lowest BCUT2D eigenvalue weighted by Crippen LogP contribution is -2.51. The van der Waals surface area contributed by atoms with Gasteiger partial charge in [-0.1, -0.05) is 0 Å². The zero-order valence-electron chi connectivity index (χ0n) is 19.1. The number of carbonyl (C=O) groups is 4. The van der Waals surface area contributed by atoms with Gasteiger partial charge in [0.1, 0.15) is 12.2 Å². The van der Waals surface area contributed by atoms with Crippen molar-refractivity contribution >= 4 is 39.4 Å². The van der Waals surface area contributed by atoms with Crippen LogP contribution in [0.5, 0.6) is 0 Å². The number of hydrogen-bond acceptors (Lipinski definition) is 9. The molecule has 178 valence electrons. The minimum Gasteiger partial charge on any atom is -0.466 e. The van der Waals surface area contributed by atoms with Crippen molar-refractivity contribution in [3.05, 3.63) is 28.5 Å². The number of esters is 2. The SMILES string of the molecule is CCOC(=O)CCC(C(=O)COCCOC)(C(=O)OC(C)(C)C)C(=O)c1cncc(Br)c1. The summed E-state index contributed by atoms with van der Waals surface area (Å²) in [7, 11) is 1.47. The van der Waals surface area contributed by atoms with Gasteiger partial charge in [-0.2, -0.15) is 0 Å². The fraction of sp³-hybridized carbons (Fsp3) is 0.591. The normalized spacial score (nSPS) is 13.2. The van der Waals surface area contributed by atoms with E-state index in [1.807, 2.05) is 0 Å². The van der Waals surface area contributed by atoms with Crippen LogP contribution < -0.4 is 0 Å². The van der Waals surface area contributed by atoms with E-state index in [2.05, 4.69) is 20.9 Å². The summed E-state index contributed by atoms with van der Waals surface area (Å²) in [5.41, 5.74) is -3.28. The van der Waals surface area contributed by atoms with Crippen LogP contribution in [0.2, 0.25) is 0 Å². The topological polar surface area (TPSA) is 118 Å². The zero-order chi connectivity index (χ0) is 24.4. The number of pyridine rings is 1. The van der Waals surface area contributed by atoms with Crippen LogP contribution in [0.15, 0.2) is 22.9 Å². The molecule has 0 bridgehead atoms. The van der Waals surface area contributed by atoms with Crippen molar-refractivity contribution in [3.63, 3.8) is 0 Å². The molecule has 1 rings (SSSR count). The molecule has 9 nitrogen and oxygen atoms in total. The highest BCUT2D eigenvalue weighted by molar-refractivity contribution is 9.10. The van der Waals surface area contributed by atoms with Gasteiger partial charge in [0.05, 0.1) is 19.8 Å². The minimum absolute atomic E-state index is 0.0133. The molecule has 0 fully saturated rings. The lowest BCUT2D eigenvalue weighted by molar-refractivity contribution is -0.168. The Morgan fingerprint density at radius 3 is 2.34 bits per heavy atom. The van der Waals surface area contributed by atoms with E-state index in [1.165, 1.54) is 25.6 Å². The van der Waals surface area contributed by atoms with Gasteiger partial charge in [0.15, 0.2) is 17.0 Å². The van der Waals surface area contributed by atoms with Crippen LogP contribution in [-0.4, -0.2) is 67.6 Å². The molecule has 0 aliphatic rings. The summed E-state index contributed by atoms with van der Waals surface area (Å²) in [4.78, 5) is 56.4. The molecule has 1 unspecified atom stereocenters. The highest BCUT2D eigenvalue weighted by Crippen LogP contribution is 2.34. The third kappa shape index (κ3) is 8.07. The Hall–Kier alpha value is -2.17. The van der Waals surface area contributed by atoms with E-state index < -0.39 is 47.5 Å². The van der Waals surface area contributed by atoms with Crippen molar-refractivity contribution < 1.29 is 38.1 Å². The number of rotatable bonds is 13. The zero-order valence-corrected chi connectivity index (χ0v) is 20.7. The number of methoxy groups -OCH3 is 1. The Morgan fingerprint density at radius 2 is 1.78 bits per heavy atom. The number of ether oxygens (including phenoxy) is 4. The van der Waals surface area contributed by atoms with Gasteiger partial charge < -0.3 is 18.9 Å². The van der Waals surface area contributed by atoms with Crippen LogP contribution in [-0.2, 0) is 33.3 Å². The summed E-state index contributed by atoms with van der Waals surface area (Å²) in [6.07, 6.45) is 1.93. The van der Waals surface area contributed by atoms with Crippen molar-refractivity contribution in [1.82, 2.24) is 4.98 Å². The first-order chi connectivity index (χ1) is 15.0. The van der Waals surface area contributed by atoms with E-state index in [0.29, 0.717) is 4.47 Å². The second-order valence-corrected chi connectivity index (χ2v) is 8.82. The standard InChI is InChI=1S/C22H30BrNO8/c1-6-31-18(26)7-8-22(20(28)32-21(2,3)4,17(25)14-30-10-9-29-5)19(27)15-11-16(23)13-24-12-15/h11-13H,6-10,14H2,1-5H3. The maximum absolute atomic E-state index is 13.6. The third-order valence-electron chi connectivity index (χ3n) is 4.25. The van der Waals surface area contributed by atoms with Gasteiger partial charge in [-0.15, -0.1) is 0 Å². The molecule has 0 aliphatic heterocycles. The Bertz CT molecular complexity index is 820. The molecule has 0 saturated heterocycles. The first kappa shape index (κ1) is 27.9. The quantitative estimate of drug-likeness (QED) is 0.169. The molecule has 0 saturated carbocycles. The number of aromatic nitrogens is 1. The molecule has 1 heterocycles. The van der Waals surface area contributed by atoms with Crippen LogP contribution in [0.3, 0.4) is 0 Å². The lowest BCUT2D eigenvalue weighted by atomic mass is 9.73. The van der Waals surface area contributed by atoms with Gasteiger partial charge in [-0.25, -0.2) is 0 Å². The van der Waals surface area contributed by atoms with E-state index >= 15 is 0 Å². The lowest BCUT2D eigenvalue weighted by Gasteiger charge is -2.32. The van der Waals surface area contributed by atoms with E-state index in [4.69, 9.17) is 18.9 Å². The maximum atomic E-state index is 13.6. The number of carbonyl (C=O) groups excluding carboxylic acids is 4. The molecule has 0 spiro atoms. The summed E-state index contributed by atoms with van der Waals surface area (Å²) in [5, 5.41) is 0. The van der Waals surface area contributed by atoms with Crippen molar-refractivity contribution in [3.8, 4) is 0 Å². The highest BCUT2D eigenvalue weighted by Gasteiger charge is 2.54. The summed E-state index contributed by atoms with van der Waals surface area (Å²) in [6.45, 7) is 6.36. The van der Waals surface area contributed by atoms with Gasteiger partial charge >= 0.3 is 11.9 Å². The smallest absolute Gasteiger partial charge is 0.328 e. The number of ketones is 2. The monoisotopic (exact) mass is 515 g/mol. The average molecular weight is 516 g/mol. The summed E-state index contributed by atoms with van der Waals surface area (Å²) >= 11 is 3.23. The minimum atomic E-state index is -2.31. The predicted molar refractivity (Wildman–Crippen MR) is 118 cm³/mol. The predicted octanol–water partition coefficient (Wildman–Crippen LogP) is 2.93. The molecule has 10 heteroatoms. The second-order valence-electron chi connectivity index (χ2n) is 7.90. The molecular weight excluding hydrogens is 486 g/mol. The second kappa shape index (κ2) is 12.8. The maximum Gasteiger partial charge on any atom is 0.328 e. The first-order valence-corrected chi connectivity index (χ1v) is 10.9. The third-order valence-corrected chi connectivity index (χ3v) is 4.69. The van der Waals surface area contributed by atoms with Crippen molar-refractivity contribution in [2.24, 2.45) is 5.41 Å². The molecule has 1 aromatic rings. The molecular formula is C22H30BrNO8. The van der Waals surface area contributed by atoms with Gasteiger partial charge in [0.25, 0.3) is 0 Å². The van der Waals surface area contributed by atoms with Gasteiger partial charge in [-0.3, -0.25) is 24.2 Å². The number of hydrogen-bond donors (Lipinski definition) is 0. The molecule has 0 amide bonds. The van der Waals surface area contributed by atoms with Crippen molar-refractivity contribution in [2.45, 2.75) is 46.1 Å². The van der Waals surface area contributed by atoms with Crippen LogP contribution in [0.1, 0.15) is 50.9 Å². The van der Waals surface area contributed by atoms with E-state index in [0.717, 1.165) is 0 Å². The van der Waals surface area contributed by atoms with Crippen LogP contribution in [0.4, 0.5) is 0 Å². The molecule has 0 aromatic carbocycles. The Labute approximate surface area is 196 Å². The van der Waals surface area contributed by atoms with Gasteiger partial charge in [-0.05, 0) is 56.1 Å². The van der Waals surface area contributed by atoms with E-state index in [1.54, 1.807) is 27.7 Å². The van der Waals surface area contributed by atoms with E-state index in [9.17, 15) is 19.2 Å². The van der Waals surface area contributed by atoms with Crippen LogP contribution in [0, 0.1) is 5.41 Å². The number of nitrogens with zero attached hydrogens (tertiary/aromatic N) is 1. The highest BCUT2D eigenvalue weighted by atomic mass is 79.9. The molecule has 32 heavy (non-hydrogen) atoms. The van der Waals surface area contributed by atoms with Crippen LogP contribution in [0.25, 0.3) is 0 Å². The van der Waals surface area contributed by atoms with Crippen molar-refractivity contribution in [2.75, 3.05) is 33.5 Å². The average Bonchev–Trinajstić information content (AvgIpc) is 2.70. The molecule has 1 atom stereocenters. The van der Waals surface area contributed by atoms with Crippen LogP contribution >= 0.6 is 15.9 Å². The Balaban J connectivity index is 3.48. The van der Waals surface area contributed by atoms with E-state index in [-0.39, 0.29) is 31.8 Å². The van der Waals surface area contributed by atoms with Gasteiger partial charge in [0, 0.05) is 36.0 Å². The Kier molecular flexibility index (Phi) is 11.1.